The molecule has 0 aliphatic heterocycles. The third-order valence-electron chi connectivity index (χ3n) is 6.58. The first-order valence-electron chi connectivity index (χ1n) is 8.54. The summed E-state index contributed by atoms with van der Waals surface area (Å²) >= 11 is 0. The average Bonchev–Trinajstić information content (AvgIpc) is 3.02. The predicted octanol–water partition coefficient (Wildman–Crippen LogP) is 3.75. The molecule has 0 spiro atoms. The largest absolute Gasteiger partial charge is 0.469 e. The van der Waals surface area contributed by atoms with Crippen molar-refractivity contribution in [3.8, 4) is 0 Å². The van der Waals surface area contributed by atoms with Crippen molar-refractivity contribution in [2.75, 3.05) is 7.11 Å². The number of hydrogen-bond donors (Lipinski definition) is 1. The van der Waals surface area contributed by atoms with Crippen LogP contribution in [0.25, 0.3) is 11.0 Å². The van der Waals surface area contributed by atoms with Gasteiger partial charge in [-0.3, -0.25) is 4.79 Å². The zero-order chi connectivity index (χ0) is 16.2. The van der Waals surface area contributed by atoms with Crippen LogP contribution in [0.1, 0.15) is 50.7 Å². The number of methoxy groups -OCH3 is 1. The number of rotatable bonds is 1. The first kappa shape index (κ1) is 14.7. The zero-order valence-electron chi connectivity index (χ0n) is 14.1. The summed E-state index contributed by atoms with van der Waals surface area (Å²) in [4.78, 5) is 20.3. The zero-order valence-corrected chi connectivity index (χ0v) is 14.1. The van der Waals surface area contributed by atoms with Crippen LogP contribution in [0.15, 0.2) is 18.5 Å². The SMILES string of the molecule is COC(=O)[C@]1(C)CCC[C@]2(C)c3ccc4[nH]cnc4c3CCC12. The molecule has 0 bridgehead atoms. The van der Waals surface area contributed by atoms with Gasteiger partial charge in [0.25, 0.3) is 0 Å². The fourth-order valence-corrected chi connectivity index (χ4v) is 5.45. The number of nitrogens with zero attached hydrogens (tertiary/aromatic N) is 1. The maximum atomic E-state index is 12.5. The molecule has 2 aliphatic carbocycles. The number of fused-ring (bicyclic) bond motifs is 5. The second-order valence-corrected chi connectivity index (χ2v) is 7.66. The number of imidazole rings is 1. The number of H-pyrrole nitrogens is 1. The Hall–Kier alpha value is -1.84. The second-order valence-electron chi connectivity index (χ2n) is 7.66. The number of benzene rings is 1. The lowest BCUT2D eigenvalue weighted by atomic mass is 9.50. The quantitative estimate of drug-likeness (QED) is 0.816. The molecule has 1 heterocycles. The van der Waals surface area contributed by atoms with Crippen molar-refractivity contribution in [1.82, 2.24) is 9.97 Å². The number of esters is 1. The summed E-state index contributed by atoms with van der Waals surface area (Å²) < 4.78 is 5.18. The molecule has 3 atom stereocenters. The molecule has 23 heavy (non-hydrogen) atoms. The summed E-state index contributed by atoms with van der Waals surface area (Å²) in [5, 5.41) is 0. The minimum absolute atomic E-state index is 0.0297. The summed E-state index contributed by atoms with van der Waals surface area (Å²) in [6.07, 6.45) is 6.92. The lowest BCUT2D eigenvalue weighted by molar-refractivity contribution is -0.161. The Labute approximate surface area is 136 Å². The van der Waals surface area contributed by atoms with E-state index in [0.717, 1.165) is 43.1 Å². The predicted molar refractivity (Wildman–Crippen MR) is 89.2 cm³/mol. The van der Waals surface area contributed by atoms with Crippen molar-refractivity contribution in [3.63, 3.8) is 0 Å². The van der Waals surface area contributed by atoms with E-state index < -0.39 is 0 Å². The Morgan fingerprint density at radius 2 is 2.17 bits per heavy atom. The molecule has 122 valence electrons. The van der Waals surface area contributed by atoms with Crippen molar-refractivity contribution in [2.24, 2.45) is 11.3 Å². The molecular formula is C19H24N2O2. The number of aryl methyl sites for hydroxylation is 1. The maximum Gasteiger partial charge on any atom is 0.311 e. The normalized spacial score (nSPS) is 33.1. The van der Waals surface area contributed by atoms with Crippen molar-refractivity contribution < 1.29 is 9.53 Å². The van der Waals surface area contributed by atoms with E-state index in [0.29, 0.717) is 5.92 Å². The molecule has 0 saturated heterocycles. The van der Waals surface area contributed by atoms with Gasteiger partial charge in [0.15, 0.2) is 0 Å². The number of nitrogens with one attached hydrogen (secondary N) is 1. The van der Waals surface area contributed by atoms with Gasteiger partial charge in [0, 0.05) is 0 Å². The Morgan fingerprint density at radius 3 is 2.96 bits per heavy atom. The lowest BCUT2D eigenvalue weighted by Gasteiger charge is -2.54. The van der Waals surface area contributed by atoms with Gasteiger partial charge in [0.05, 0.1) is 29.9 Å². The molecule has 1 saturated carbocycles. The molecule has 2 aromatic rings. The highest BCUT2D eigenvalue weighted by atomic mass is 16.5. The standard InChI is InChI=1S/C19H24N2O2/c1-18-9-4-10-19(2,17(22)23-3)15(18)8-5-12-13(18)6-7-14-16(12)21-11-20-14/h6-7,11,15H,4-5,8-10H2,1-3H3,(H,20,21)/t15?,18-,19-/m1/s1. The van der Waals surface area contributed by atoms with Crippen molar-refractivity contribution >= 4 is 17.0 Å². The van der Waals surface area contributed by atoms with Gasteiger partial charge >= 0.3 is 5.97 Å². The second kappa shape index (κ2) is 4.83. The summed E-state index contributed by atoms with van der Waals surface area (Å²) in [5.74, 6) is 0.290. The Bertz CT molecular complexity index is 781. The van der Waals surface area contributed by atoms with Crippen LogP contribution in [0, 0.1) is 11.3 Å². The summed E-state index contributed by atoms with van der Waals surface area (Å²) in [6.45, 7) is 4.45. The van der Waals surface area contributed by atoms with Gasteiger partial charge in [-0.25, -0.2) is 4.98 Å². The lowest BCUT2D eigenvalue weighted by Crippen LogP contribution is -2.52. The first-order chi connectivity index (χ1) is 11.0. The molecule has 1 unspecified atom stereocenters. The van der Waals surface area contributed by atoms with Crippen LogP contribution in [0.3, 0.4) is 0 Å². The van der Waals surface area contributed by atoms with Crippen LogP contribution in [-0.4, -0.2) is 23.0 Å². The summed E-state index contributed by atoms with van der Waals surface area (Å²) in [5.41, 5.74) is 4.63. The Kier molecular flexibility index (Phi) is 3.09. The highest BCUT2D eigenvalue weighted by Gasteiger charge is 2.55. The Balaban J connectivity index is 1.88. The number of carbonyl (C=O) groups is 1. The maximum absolute atomic E-state index is 12.5. The van der Waals surface area contributed by atoms with E-state index in [9.17, 15) is 4.79 Å². The van der Waals surface area contributed by atoms with Crippen LogP contribution < -0.4 is 0 Å². The number of hydrogen-bond acceptors (Lipinski definition) is 3. The van der Waals surface area contributed by atoms with Gasteiger partial charge in [0.1, 0.15) is 0 Å². The van der Waals surface area contributed by atoms with E-state index in [-0.39, 0.29) is 16.8 Å². The van der Waals surface area contributed by atoms with E-state index >= 15 is 0 Å². The van der Waals surface area contributed by atoms with Gasteiger partial charge in [-0.1, -0.05) is 19.4 Å². The first-order valence-corrected chi connectivity index (χ1v) is 8.54. The van der Waals surface area contributed by atoms with E-state index in [2.05, 4.69) is 35.9 Å². The molecule has 1 fully saturated rings. The minimum Gasteiger partial charge on any atom is -0.469 e. The van der Waals surface area contributed by atoms with E-state index in [1.807, 2.05) is 0 Å². The molecule has 1 aromatic carbocycles. The monoisotopic (exact) mass is 312 g/mol. The van der Waals surface area contributed by atoms with Gasteiger partial charge in [-0.15, -0.1) is 0 Å². The Morgan fingerprint density at radius 1 is 1.35 bits per heavy atom. The van der Waals surface area contributed by atoms with Gasteiger partial charge in [-0.05, 0) is 61.1 Å². The molecule has 4 nitrogen and oxygen atoms in total. The molecule has 4 rings (SSSR count). The molecule has 0 radical (unpaired) electrons. The van der Waals surface area contributed by atoms with Crippen LogP contribution in [0.2, 0.25) is 0 Å². The molecule has 1 N–H and O–H groups in total. The van der Waals surface area contributed by atoms with Crippen molar-refractivity contribution in [3.05, 3.63) is 29.6 Å². The van der Waals surface area contributed by atoms with E-state index in [1.165, 1.54) is 18.2 Å². The number of ether oxygens (including phenoxy) is 1. The van der Waals surface area contributed by atoms with Crippen molar-refractivity contribution in [1.29, 1.82) is 0 Å². The smallest absolute Gasteiger partial charge is 0.311 e. The van der Waals surface area contributed by atoms with Crippen LogP contribution in [0.5, 0.6) is 0 Å². The molecule has 0 amide bonds. The fraction of sp³-hybridized carbons (Fsp3) is 0.579. The topological polar surface area (TPSA) is 55.0 Å². The van der Waals surface area contributed by atoms with E-state index in [4.69, 9.17) is 4.74 Å². The van der Waals surface area contributed by atoms with Gasteiger partial charge in [0.2, 0.25) is 0 Å². The molecule has 2 aliphatic rings. The van der Waals surface area contributed by atoms with Gasteiger partial charge < -0.3 is 9.72 Å². The number of aromatic nitrogens is 2. The third kappa shape index (κ3) is 1.84. The number of aromatic amines is 1. The van der Waals surface area contributed by atoms with Crippen LogP contribution in [0.4, 0.5) is 0 Å². The summed E-state index contributed by atoms with van der Waals surface area (Å²) in [7, 11) is 1.52. The third-order valence-corrected chi connectivity index (χ3v) is 6.58. The average molecular weight is 312 g/mol. The van der Waals surface area contributed by atoms with Crippen molar-refractivity contribution in [2.45, 2.75) is 51.4 Å². The van der Waals surface area contributed by atoms with Crippen LogP contribution >= 0.6 is 0 Å². The van der Waals surface area contributed by atoms with Gasteiger partial charge in [-0.2, -0.15) is 0 Å². The molecule has 4 heteroatoms. The molecular weight excluding hydrogens is 288 g/mol. The highest BCUT2D eigenvalue weighted by Crippen LogP contribution is 2.58. The number of carbonyl (C=O) groups excluding carboxylic acids is 1. The molecule has 1 aromatic heterocycles. The minimum atomic E-state index is -0.375. The summed E-state index contributed by atoms with van der Waals surface area (Å²) in [6, 6.07) is 4.39. The van der Waals surface area contributed by atoms with Crippen LogP contribution in [-0.2, 0) is 21.4 Å². The highest BCUT2D eigenvalue weighted by molar-refractivity contribution is 5.81. The fourth-order valence-electron chi connectivity index (χ4n) is 5.45. The van der Waals surface area contributed by atoms with E-state index in [1.54, 1.807) is 6.33 Å².